The highest BCUT2D eigenvalue weighted by Gasteiger charge is 2.00. The van der Waals surface area contributed by atoms with Gasteiger partial charge in [0.2, 0.25) is 0 Å². The van der Waals surface area contributed by atoms with Gasteiger partial charge in [-0.1, -0.05) is 12.1 Å². The first-order valence-corrected chi connectivity index (χ1v) is 6.34. The van der Waals surface area contributed by atoms with Crippen molar-refractivity contribution < 1.29 is 13.9 Å². The van der Waals surface area contributed by atoms with Gasteiger partial charge in [0.15, 0.2) is 12.8 Å². The summed E-state index contributed by atoms with van der Waals surface area (Å²) in [6, 6.07) is 13.4. The van der Waals surface area contributed by atoms with Gasteiger partial charge in [0.05, 0.1) is 7.11 Å². The third kappa shape index (κ3) is 4.09. The zero-order valence-corrected chi connectivity index (χ0v) is 11.3. The SMILES string of the molecule is COc1ccc(/C=[N+](\[O-])CCc2ccc(F)cc2)cc1. The molecule has 0 heterocycles. The first-order valence-electron chi connectivity index (χ1n) is 6.34. The van der Waals surface area contributed by atoms with Crippen LogP contribution in [0.5, 0.6) is 5.75 Å². The number of hydrogen-bond donors (Lipinski definition) is 0. The molecule has 0 saturated carbocycles. The van der Waals surface area contributed by atoms with Crippen LogP contribution in [0.2, 0.25) is 0 Å². The number of methoxy groups -OCH3 is 1. The maximum Gasteiger partial charge on any atom is 0.181 e. The van der Waals surface area contributed by atoms with Gasteiger partial charge in [0.1, 0.15) is 11.6 Å². The topological polar surface area (TPSA) is 35.3 Å². The normalized spacial score (nSPS) is 11.4. The molecule has 0 N–H and O–H groups in total. The van der Waals surface area contributed by atoms with Crippen molar-refractivity contribution in [1.82, 2.24) is 0 Å². The smallest absolute Gasteiger partial charge is 0.181 e. The van der Waals surface area contributed by atoms with E-state index in [2.05, 4.69) is 0 Å². The molecule has 3 nitrogen and oxygen atoms in total. The fraction of sp³-hybridized carbons (Fsp3) is 0.188. The molecule has 2 aromatic carbocycles. The Morgan fingerprint density at radius 3 is 2.35 bits per heavy atom. The van der Waals surface area contributed by atoms with Crippen molar-refractivity contribution in [1.29, 1.82) is 0 Å². The minimum atomic E-state index is -0.266. The molecule has 0 bridgehead atoms. The van der Waals surface area contributed by atoms with Gasteiger partial charge in [-0.25, -0.2) is 9.13 Å². The molecule has 0 amide bonds. The Morgan fingerprint density at radius 1 is 1.10 bits per heavy atom. The second-order valence-corrected chi connectivity index (χ2v) is 4.42. The Labute approximate surface area is 117 Å². The van der Waals surface area contributed by atoms with Crippen LogP contribution >= 0.6 is 0 Å². The van der Waals surface area contributed by atoms with Crippen LogP contribution in [0.3, 0.4) is 0 Å². The summed E-state index contributed by atoms with van der Waals surface area (Å²) in [5.74, 6) is 0.489. The van der Waals surface area contributed by atoms with Gasteiger partial charge in [-0.2, -0.15) is 0 Å². The largest absolute Gasteiger partial charge is 0.624 e. The summed E-state index contributed by atoms with van der Waals surface area (Å²) in [5.41, 5.74) is 1.76. The van der Waals surface area contributed by atoms with Crippen LogP contribution in [0.1, 0.15) is 11.1 Å². The van der Waals surface area contributed by atoms with Crippen LogP contribution in [0.25, 0.3) is 0 Å². The van der Waals surface area contributed by atoms with Crippen molar-refractivity contribution in [3.05, 3.63) is 70.7 Å². The lowest BCUT2D eigenvalue weighted by Crippen LogP contribution is -2.10. The molecule has 0 aromatic heterocycles. The van der Waals surface area contributed by atoms with E-state index in [0.717, 1.165) is 21.6 Å². The monoisotopic (exact) mass is 273 g/mol. The molecule has 0 aliphatic rings. The van der Waals surface area contributed by atoms with Crippen LogP contribution in [0.15, 0.2) is 48.5 Å². The summed E-state index contributed by atoms with van der Waals surface area (Å²) >= 11 is 0. The van der Waals surface area contributed by atoms with E-state index in [4.69, 9.17) is 4.74 Å². The van der Waals surface area contributed by atoms with Gasteiger partial charge in [-0.3, -0.25) is 0 Å². The number of hydroxylamine groups is 1. The molecule has 0 unspecified atom stereocenters. The summed E-state index contributed by atoms with van der Waals surface area (Å²) in [6.45, 7) is 0.331. The average Bonchev–Trinajstić information content (AvgIpc) is 2.47. The van der Waals surface area contributed by atoms with Crippen LogP contribution < -0.4 is 4.74 Å². The first-order chi connectivity index (χ1) is 9.67. The van der Waals surface area contributed by atoms with Gasteiger partial charge >= 0.3 is 0 Å². The van der Waals surface area contributed by atoms with Crippen LogP contribution in [0.4, 0.5) is 4.39 Å². The van der Waals surface area contributed by atoms with Crippen molar-refractivity contribution in [3.63, 3.8) is 0 Å². The van der Waals surface area contributed by atoms with Crippen molar-refractivity contribution >= 4 is 6.21 Å². The molecule has 104 valence electrons. The maximum absolute atomic E-state index is 12.7. The number of benzene rings is 2. The van der Waals surface area contributed by atoms with E-state index in [1.807, 2.05) is 12.1 Å². The molecule has 0 radical (unpaired) electrons. The van der Waals surface area contributed by atoms with E-state index in [1.165, 1.54) is 18.3 Å². The lowest BCUT2D eigenvalue weighted by atomic mass is 10.1. The van der Waals surface area contributed by atoms with Crippen molar-refractivity contribution in [2.45, 2.75) is 6.42 Å². The zero-order chi connectivity index (χ0) is 14.4. The number of hydrogen-bond acceptors (Lipinski definition) is 2. The molecule has 20 heavy (non-hydrogen) atoms. The average molecular weight is 273 g/mol. The summed E-state index contributed by atoms with van der Waals surface area (Å²) in [5, 5.41) is 11.8. The third-order valence-corrected chi connectivity index (χ3v) is 2.94. The van der Waals surface area contributed by atoms with E-state index in [9.17, 15) is 9.60 Å². The van der Waals surface area contributed by atoms with Gasteiger partial charge in [-0.15, -0.1) is 0 Å². The predicted molar refractivity (Wildman–Crippen MR) is 76.8 cm³/mol. The Bertz CT molecular complexity index is 576. The molecule has 0 atom stereocenters. The Hall–Kier alpha value is -2.36. The fourth-order valence-electron chi connectivity index (χ4n) is 1.81. The van der Waals surface area contributed by atoms with Crippen LogP contribution in [-0.4, -0.2) is 24.6 Å². The van der Waals surface area contributed by atoms with Crippen molar-refractivity contribution in [2.24, 2.45) is 0 Å². The van der Waals surface area contributed by atoms with Gasteiger partial charge in [-0.05, 0) is 42.0 Å². The summed E-state index contributed by atoms with van der Waals surface area (Å²) in [7, 11) is 1.60. The van der Waals surface area contributed by atoms with Crippen molar-refractivity contribution in [2.75, 3.05) is 13.7 Å². The number of nitrogens with zero attached hydrogens (tertiary/aromatic N) is 1. The van der Waals surface area contributed by atoms with E-state index in [-0.39, 0.29) is 5.82 Å². The van der Waals surface area contributed by atoms with Crippen molar-refractivity contribution in [3.8, 4) is 5.75 Å². The lowest BCUT2D eigenvalue weighted by molar-refractivity contribution is -0.451. The summed E-state index contributed by atoms with van der Waals surface area (Å²) in [4.78, 5) is 0. The molecule has 2 rings (SSSR count). The molecule has 0 spiro atoms. The highest BCUT2D eigenvalue weighted by Crippen LogP contribution is 2.09. The van der Waals surface area contributed by atoms with E-state index in [0.29, 0.717) is 13.0 Å². The van der Waals surface area contributed by atoms with E-state index < -0.39 is 0 Å². The molecule has 0 aliphatic heterocycles. The molecular formula is C16H16FNO2. The van der Waals surface area contributed by atoms with Gasteiger partial charge in [0.25, 0.3) is 0 Å². The summed E-state index contributed by atoms with van der Waals surface area (Å²) in [6.07, 6.45) is 2.11. The Balaban J connectivity index is 1.94. The second kappa shape index (κ2) is 6.70. The first kappa shape index (κ1) is 14.1. The zero-order valence-electron chi connectivity index (χ0n) is 11.3. The molecule has 4 heteroatoms. The van der Waals surface area contributed by atoms with E-state index >= 15 is 0 Å². The Morgan fingerprint density at radius 2 is 1.75 bits per heavy atom. The standard InChI is InChI=1S/C16H16FNO2/c1-20-16-8-4-14(5-9-16)12-18(19)11-10-13-2-6-15(17)7-3-13/h2-9,12H,10-11H2,1H3/b18-12-. The van der Waals surface area contributed by atoms with Crippen LogP contribution in [0, 0.1) is 11.0 Å². The predicted octanol–water partition coefficient (Wildman–Crippen LogP) is 3.01. The minimum Gasteiger partial charge on any atom is -0.624 e. The van der Waals surface area contributed by atoms with E-state index in [1.54, 1.807) is 31.4 Å². The molecule has 0 fully saturated rings. The summed E-state index contributed by atoms with van der Waals surface area (Å²) < 4.78 is 18.7. The number of halogens is 1. The molecule has 0 saturated heterocycles. The Kier molecular flexibility index (Phi) is 4.71. The highest BCUT2D eigenvalue weighted by atomic mass is 19.1. The second-order valence-electron chi connectivity index (χ2n) is 4.42. The van der Waals surface area contributed by atoms with Crippen LogP contribution in [-0.2, 0) is 6.42 Å². The van der Waals surface area contributed by atoms with Gasteiger partial charge in [0, 0.05) is 12.0 Å². The quantitative estimate of drug-likeness (QED) is 0.363. The minimum absolute atomic E-state index is 0.266. The fourth-order valence-corrected chi connectivity index (χ4v) is 1.81. The molecular weight excluding hydrogens is 257 g/mol. The number of ether oxygens (including phenoxy) is 1. The molecule has 0 aliphatic carbocycles. The maximum atomic E-state index is 12.7. The third-order valence-electron chi connectivity index (χ3n) is 2.94. The lowest BCUT2D eigenvalue weighted by Gasteiger charge is -2.05. The highest BCUT2D eigenvalue weighted by molar-refractivity contribution is 5.75. The molecule has 2 aromatic rings. The number of rotatable bonds is 5. The van der Waals surface area contributed by atoms with Gasteiger partial charge < -0.3 is 9.94 Å².